The maximum Gasteiger partial charge on any atom is 0.270 e. The van der Waals surface area contributed by atoms with Gasteiger partial charge in [0.25, 0.3) is 5.91 Å². The number of hydrogen-bond acceptors (Lipinski definition) is 5. The lowest BCUT2D eigenvalue weighted by molar-refractivity contribution is 0.0960. The Morgan fingerprint density at radius 3 is 2.96 bits per heavy atom. The Hall–Kier alpha value is -2.96. The van der Waals surface area contributed by atoms with E-state index >= 15 is 0 Å². The summed E-state index contributed by atoms with van der Waals surface area (Å²) >= 11 is 0. The molecule has 7 heteroatoms. The van der Waals surface area contributed by atoms with E-state index in [9.17, 15) is 4.79 Å². The van der Waals surface area contributed by atoms with Gasteiger partial charge >= 0.3 is 0 Å². The molecule has 0 unspecified atom stereocenters. The van der Waals surface area contributed by atoms with Crippen LogP contribution in [0.15, 0.2) is 30.7 Å². The largest absolute Gasteiger partial charge is 0.491 e. The fourth-order valence-electron chi connectivity index (χ4n) is 2.87. The summed E-state index contributed by atoms with van der Waals surface area (Å²) in [4.78, 5) is 20.6. The van der Waals surface area contributed by atoms with Crippen LogP contribution in [-0.2, 0) is 6.54 Å². The molecular weight excluding hydrogens is 330 g/mol. The van der Waals surface area contributed by atoms with Crippen molar-refractivity contribution in [2.75, 3.05) is 13.7 Å². The molecule has 1 saturated carbocycles. The van der Waals surface area contributed by atoms with Crippen LogP contribution in [0.2, 0.25) is 0 Å². The van der Waals surface area contributed by atoms with Crippen molar-refractivity contribution in [2.45, 2.75) is 26.3 Å². The number of nitrogens with one attached hydrogen (secondary N) is 1. The van der Waals surface area contributed by atoms with Crippen molar-refractivity contribution < 1.29 is 9.53 Å². The van der Waals surface area contributed by atoms with Gasteiger partial charge in [0.15, 0.2) is 0 Å². The second-order valence-electron chi connectivity index (χ2n) is 6.69. The van der Waals surface area contributed by atoms with E-state index in [1.165, 1.54) is 12.8 Å². The molecule has 3 aromatic heterocycles. The highest BCUT2D eigenvalue weighted by Crippen LogP contribution is 2.30. The lowest BCUT2D eigenvalue weighted by Crippen LogP contribution is -2.19. The molecule has 1 N–H and O–H groups in total. The number of fused-ring (bicyclic) bond motifs is 1. The van der Waals surface area contributed by atoms with Crippen LogP contribution in [0, 0.1) is 12.8 Å². The first kappa shape index (κ1) is 16.5. The average molecular weight is 351 g/mol. The molecule has 1 fully saturated rings. The Bertz CT molecular complexity index is 962. The number of aryl methyl sites for hydroxylation is 1. The first-order valence-electron chi connectivity index (χ1n) is 8.76. The van der Waals surface area contributed by atoms with Crippen molar-refractivity contribution in [1.82, 2.24) is 25.1 Å². The first-order chi connectivity index (χ1) is 12.6. The van der Waals surface area contributed by atoms with E-state index in [1.807, 2.05) is 19.2 Å². The summed E-state index contributed by atoms with van der Waals surface area (Å²) in [5.74, 6) is 1.34. The average Bonchev–Trinajstić information content (AvgIpc) is 3.37. The standard InChI is InChI=1S/C19H21N5O2/c1-12-7-14(22-8-17(12)26-11-13-3-4-13)9-24-10-15-16(23-24)5-6-21-18(15)19(25)20-2/h5-8,10,13H,3-4,9,11H2,1-2H3,(H,20,25). The van der Waals surface area contributed by atoms with Gasteiger partial charge in [-0.3, -0.25) is 19.4 Å². The fraction of sp³-hybridized carbons (Fsp3) is 0.368. The van der Waals surface area contributed by atoms with E-state index in [0.717, 1.165) is 34.5 Å². The quantitative estimate of drug-likeness (QED) is 0.737. The van der Waals surface area contributed by atoms with Crippen LogP contribution in [0.5, 0.6) is 5.75 Å². The molecular formula is C19H21N5O2. The molecule has 1 amide bonds. The number of ether oxygens (including phenoxy) is 1. The van der Waals surface area contributed by atoms with E-state index in [-0.39, 0.29) is 5.91 Å². The molecule has 4 rings (SSSR count). The Labute approximate surface area is 151 Å². The summed E-state index contributed by atoms with van der Waals surface area (Å²) < 4.78 is 7.61. The molecule has 0 atom stereocenters. The number of amides is 1. The Balaban J connectivity index is 1.55. The zero-order chi connectivity index (χ0) is 18.1. The van der Waals surface area contributed by atoms with Crippen LogP contribution in [0.25, 0.3) is 10.9 Å². The van der Waals surface area contributed by atoms with Crippen LogP contribution < -0.4 is 10.1 Å². The van der Waals surface area contributed by atoms with Gasteiger partial charge in [-0.2, -0.15) is 5.10 Å². The van der Waals surface area contributed by atoms with Gasteiger partial charge in [0.2, 0.25) is 0 Å². The predicted molar refractivity (Wildman–Crippen MR) is 97.2 cm³/mol. The van der Waals surface area contributed by atoms with Gasteiger partial charge < -0.3 is 10.1 Å². The van der Waals surface area contributed by atoms with Crippen LogP contribution in [0.1, 0.15) is 34.6 Å². The molecule has 26 heavy (non-hydrogen) atoms. The van der Waals surface area contributed by atoms with Crippen LogP contribution in [-0.4, -0.2) is 39.3 Å². The number of pyridine rings is 2. The third kappa shape index (κ3) is 3.37. The van der Waals surface area contributed by atoms with Crippen LogP contribution in [0.3, 0.4) is 0 Å². The summed E-state index contributed by atoms with van der Waals surface area (Å²) in [5.41, 5.74) is 3.08. The van der Waals surface area contributed by atoms with Crippen LogP contribution >= 0.6 is 0 Å². The van der Waals surface area contributed by atoms with Crippen molar-refractivity contribution in [3.63, 3.8) is 0 Å². The minimum absolute atomic E-state index is 0.221. The van der Waals surface area contributed by atoms with Crippen molar-refractivity contribution in [1.29, 1.82) is 0 Å². The molecule has 1 aliphatic carbocycles. The predicted octanol–water partition coefficient (Wildman–Crippen LogP) is 2.33. The summed E-state index contributed by atoms with van der Waals surface area (Å²) in [6.45, 7) is 3.33. The SMILES string of the molecule is CNC(=O)c1nccc2nn(Cc3cc(C)c(OCC4CC4)cn3)cc12. The molecule has 0 saturated heterocycles. The fourth-order valence-corrected chi connectivity index (χ4v) is 2.87. The number of carbonyl (C=O) groups excluding carboxylic acids is 1. The highest BCUT2D eigenvalue weighted by Gasteiger charge is 2.22. The van der Waals surface area contributed by atoms with E-state index < -0.39 is 0 Å². The monoisotopic (exact) mass is 351 g/mol. The van der Waals surface area contributed by atoms with Crippen molar-refractivity contribution in [2.24, 2.45) is 5.92 Å². The molecule has 1 aliphatic rings. The molecule has 7 nitrogen and oxygen atoms in total. The number of aromatic nitrogens is 4. The smallest absolute Gasteiger partial charge is 0.270 e. The van der Waals surface area contributed by atoms with Gasteiger partial charge in [-0.1, -0.05) is 0 Å². The molecule has 0 bridgehead atoms. The molecule has 3 aromatic rings. The van der Waals surface area contributed by atoms with Gasteiger partial charge in [-0.25, -0.2) is 0 Å². The molecule has 0 radical (unpaired) electrons. The normalized spacial score (nSPS) is 13.8. The first-order valence-corrected chi connectivity index (χ1v) is 8.76. The Kier molecular flexibility index (Phi) is 4.28. The van der Waals surface area contributed by atoms with Gasteiger partial charge in [-0.05, 0) is 43.4 Å². The van der Waals surface area contributed by atoms with Gasteiger partial charge in [-0.15, -0.1) is 0 Å². The second-order valence-corrected chi connectivity index (χ2v) is 6.69. The van der Waals surface area contributed by atoms with Crippen molar-refractivity contribution in [3.05, 3.63) is 47.7 Å². The molecule has 3 heterocycles. The second kappa shape index (κ2) is 6.74. The molecule has 0 aliphatic heterocycles. The lowest BCUT2D eigenvalue weighted by atomic mass is 10.2. The maximum atomic E-state index is 12.0. The number of carbonyl (C=O) groups is 1. The van der Waals surface area contributed by atoms with Gasteiger partial charge in [0.1, 0.15) is 11.4 Å². The number of nitrogens with zero attached hydrogens (tertiary/aromatic N) is 4. The topological polar surface area (TPSA) is 81.9 Å². The number of rotatable bonds is 6. The molecule has 0 aromatic carbocycles. The van der Waals surface area contributed by atoms with E-state index in [0.29, 0.717) is 18.2 Å². The summed E-state index contributed by atoms with van der Waals surface area (Å²) in [6, 6.07) is 3.82. The minimum atomic E-state index is -0.221. The number of hydrogen-bond donors (Lipinski definition) is 1. The summed E-state index contributed by atoms with van der Waals surface area (Å²) in [7, 11) is 1.59. The highest BCUT2D eigenvalue weighted by molar-refractivity contribution is 6.03. The van der Waals surface area contributed by atoms with E-state index in [2.05, 4.69) is 20.4 Å². The molecule has 0 spiro atoms. The van der Waals surface area contributed by atoms with Gasteiger partial charge in [0, 0.05) is 19.4 Å². The Morgan fingerprint density at radius 1 is 1.38 bits per heavy atom. The maximum absolute atomic E-state index is 12.0. The van der Waals surface area contributed by atoms with Crippen LogP contribution in [0.4, 0.5) is 0 Å². The summed E-state index contributed by atoms with van der Waals surface area (Å²) in [5, 5.41) is 7.87. The minimum Gasteiger partial charge on any atom is -0.491 e. The summed E-state index contributed by atoms with van der Waals surface area (Å²) in [6.07, 6.45) is 7.75. The molecule has 134 valence electrons. The van der Waals surface area contributed by atoms with Crippen molar-refractivity contribution >= 4 is 16.8 Å². The van der Waals surface area contributed by atoms with E-state index in [1.54, 1.807) is 30.2 Å². The third-order valence-corrected chi connectivity index (χ3v) is 4.54. The Morgan fingerprint density at radius 2 is 2.23 bits per heavy atom. The zero-order valence-corrected chi connectivity index (χ0v) is 14.9. The highest BCUT2D eigenvalue weighted by atomic mass is 16.5. The third-order valence-electron chi connectivity index (χ3n) is 4.54. The van der Waals surface area contributed by atoms with Crippen molar-refractivity contribution in [3.8, 4) is 5.75 Å². The van der Waals surface area contributed by atoms with E-state index in [4.69, 9.17) is 4.74 Å². The van der Waals surface area contributed by atoms with Gasteiger partial charge in [0.05, 0.1) is 35.9 Å². The zero-order valence-electron chi connectivity index (χ0n) is 14.9. The lowest BCUT2D eigenvalue weighted by Gasteiger charge is -2.09.